The molecule has 1 atom stereocenters. The average molecular weight is 455 g/mol. The summed E-state index contributed by atoms with van der Waals surface area (Å²) in [4.78, 5) is 0. The molecule has 2 heteroatoms. The quantitative estimate of drug-likeness (QED) is 0.249. The molecule has 146 valence electrons. The summed E-state index contributed by atoms with van der Waals surface area (Å²) in [5.41, 5.74) is 0. The first-order valence-electron chi connectivity index (χ1n) is 11.3. The molecule has 1 saturated carbocycles. The molecule has 1 unspecified atom stereocenters. The van der Waals surface area contributed by atoms with Gasteiger partial charge < -0.3 is 0 Å². The van der Waals surface area contributed by atoms with E-state index in [4.69, 9.17) is 0 Å². The second-order valence-electron chi connectivity index (χ2n) is 8.38. The Hall–Kier alpha value is 0.319. The van der Waals surface area contributed by atoms with E-state index in [2.05, 4.69) is 30.6 Å². The Morgan fingerprint density at radius 3 is 1.84 bits per heavy atom. The summed E-state index contributed by atoms with van der Waals surface area (Å²) in [7, 11) is 0. The maximum absolute atomic E-state index is 9.57. The molecule has 1 N–H and O–H groups in total. The van der Waals surface area contributed by atoms with Crippen LogP contribution in [0.2, 0.25) is 13.3 Å². The number of hydrogen-bond acceptors (Lipinski definition) is 1. The van der Waals surface area contributed by atoms with Crippen LogP contribution in [0.25, 0.3) is 0 Å². The summed E-state index contributed by atoms with van der Waals surface area (Å²) in [6.07, 6.45) is 15.9. The molecule has 1 fully saturated rings. The van der Waals surface area contributed by atoms with Crippen LogP contribution in [0.1, 0.15) is 97.8 Å². The minimum absolute atomic E-state index is 0.317. The summed E-state index contributed by atoms with van der Waals surface area (Å²) >= 11 is -2.33. The maximum atomic E-state index is 9.57. The molecule has 0 radical (unpaired) electrons. The van der Waals surface area contributed by atoms with Gasteiger partial charge in [-0.05, 0) is 0 Å². The van der Waals surface area contributed by atoms with Crippen molar-refractivity contribution in [2.24, 2.45) is 11.8 Å². The van der Waals surface area contributed by atoms with Gasteiger partial charge in [0.2, 0.25) is 0 Å². The molecule has 0 aromatic heterocycles. The summed E-state index contributed by atoms with van der Waals surface area (Å²) in [5, 5.41) is 9.57. The number of aliphatic hydroxyl groups excluding tert-OH is 1. The van der Waals surface area contributed by atoms with Crippen LogP contribution in [0.3, 0.4) is 0 Å². The Morgan fingerprint density at radius 1 is 0.880 bits per heavy atom. The number of rotatable bonds is 12. The van der Waals surface area contributed by atoms with Crippen molar-refractivity contribution in [3.8, 4) is 9.86 Å². The van der Waals surface area contributed by atoms with Crippen molar-refractivity contribution in [3.63, 3.8) is 0 Å². The van der Waals surface area contributed by atoms with Crippen LogP contribution in [0.4, 0.5) is 0 Å². The zero-order chi connectivity index (χ0) is 18.4. The fraction of sp³-hybridized carbons (Fsp3) is 0.913. The second-order valence-corrected chi connectivity index (χ2v) is 20.7. The van der Waals surface area contributed by atoms with Gasteiger partial charge >= 0.3 is 163 Å². The van der Waals surface area contributed by atoms with Crippen LogP contribution in [0, 0.1) is 21.7 Å². The predicted octanol–water partition coefficient (Wildman–Crippen LogP) is 6.96. The molecular weight excluding hydrogens is 411 g/mol. The molecule has 0 aromatic rings. The van der Waals surface area contributed by atoms with Crippen molar-refractivity contribution in [3.05, 3.63) is 0 Å². The summed E-state index contributed by atoms with van der Waals surface area (Å²) in [6.45, 7) is 7.32. The van der Waals surface area contributed by atoms with Crippen LogP contribution in [-0.2, 0) is 0 Å². The Kier molecular flexibility index (Phi) is 13.4. The molecule has 1 aliphatic carbocycles. The predicted molar refractivity (Wildman–Crippen MR) is 114 cm³/mol. The summed E-state index contributed by atoms with van der Waals surface area (Å²) in [5.74, 6) is 5.08. The van der Waals surface area contributed by atoms with E-state index in [0.717, 1.165) is 12.3 Å². The third-order valence-corrected chi connectivity index (χ3v) is 19.4. The van der Waals surface area contributed by atoms with Crippen molar-refractivity contribution >= 4 is 18.4 Å². The van der Waals surface area contributed by atoms with Gasteiger partial charge in [-0.1, -0.05) is 0 Å². The molecule has 0 bridgehead atoms. The zero-order valence-corrected chi connectivity index (χ0v) is 20.3. The normalized spacial score (nSPS) is 17.1. The van der Waals surface area contributed by atoms with Gasteiger partial charge in [0, 0.05) is 0 Å². The van der Waals surface area contributed by atoms with Crippen LogP contribution in [-0.4, -0.2) is 30.1 Å². The molecule has 0 spiro atoms. The van der Waals surface area contributed by atoms with Gasteiger partial charge in [0.15, 0.2) is 0 Å². The Labute approximate surface area is 162 Å². The van der Waals surface area contributed by atoms with E-state index in [1.165, 1.54) is 83.9 Å². The van der Waals surface area contributed by atoms with Gasteiger partial charge in [-0.3, -0.25) is 0 Å². The van der Waals surface area contributed by atoms with Crippen LogP contribution >= 0.6 is 0 Å². The Morgan fingerprint density at radius 2 is 1.40 bits per heavy atom. The standard InChI is InChI=1S/C11H17O.3C4H9.Sn/c1-2-10(8-9-12)11-6-4-3-5-7-11;3*1-3-4-2;/h10-12H,3-9H2;3*1,3-4H2,2H3;. The number of hydrogen-bond donors (Lipinski definition) is 1. The Balaban J connectivity index is 2.94. The summed E-state index contributed by atoms with van der Waals surface area (Å²) in [6, 6.07) is 0. The molecule has 0 saturated heterocycles. The fourth-order valence-corrected chi connectivity index (χ4v) is 17.9. The van der Waals surface area contributed by atoms with Crippen LogP contribution < -0.4 is 0 Å². The van der Waals surface area contributed by atoms with E-state index in [9.17, 15) is 5.11 Å². The monoisotopic (exact) mass is 456 g/mol. The van der Waals surface area contributed by atoms with Gasteiger partial charge in [-0.25, -0.2) is 0 Å². The second kappa shape index (κ2) is 14.4. The van der Waals surface area contributed by atoms with E-state index < -0.39 is 18.4 Å². The van der Waals surface area contributed by atoms with Crippen molar-refractivity contribution in [1.29, 1.82) is 0 Å². The first-order chi connectivity index (χ1) is 12.2. The van der Waals surface area contributed by atoms with Crippen LogP contribution in [0.15, 0.2) is 0 Å². The minimum atomic E-state index is -2.33. The van der Waals surface area contributed by atoms with Gasteiger partial charge in [0.1, 0.15) is 0 Å². The first-order valence-corrected chi connectivity index (χ1v) is 18.8. The van der Waals surface area contributed by atoms with Crippen molar-refractivity contribution in [1.82, 2.24) is 0 Å². The molecule has 0 amide bonds. The van der Waals surface area contributed by atoms with Crippen molar-refractivity contribution in [2.45, 2.75) is 111 Å². The Bertz CT molecular complexity index is 354. The van der Waals surface area contributed by atoms with Gasteiger partial charge in [-0.2, -0.15) is 0 Å². The van der Waals surface area contributed by atoms with Gasteiger partial charge in [0.05, 0.1) is 0 Å². The molecule has 0 aromatic carbocycles. The average Bonchev–Trinajstić information content (AvgIpc) is 2.66. The fourth-order valence-electron chi connectivity index (χ4n) is 4.46. The van der Waals surface area contributed by atoms with Crippen molar-refractivity contribution < 1.29 is 5.11 Å². The molecule has 1 nitrogen and oxygen atoms in total. The van der Waals surface area contributed by atoms with E-state index in [1.54, 1.807) is 0 Å². The third kappa shape index (κ3) is 9.18. The van der Waals surface area contributed by atoms with E-state index in [0.29, 0.717) is 12.5 Å². The van der Waals surface area contributed by atoms with E-state index in [-0.39, 0.29) is 0 Å². The topological polar surface area (TPSA) is 20.2 Å². The molecule has 1 rings (SSSR count). The zero-order valence-electron chi connectivity index (χ0n) is 17.4. The SMILES string of the molecule is CCC[CH2][Sn]([C]#CC(CCO)C1CCCCC1)([CH2]CCC)[CH2]CCC. The van der Waals surface area contributed by atoms with E-state index >= 15 is 0 Å². The van der Waals surface area contributed by atoms with E-state index in [1.807, 2.05) is 0 Å². The number of unbranched alkanes of at least 4 members (excludes halogenated alkanes) is 3. The molecule has 0 heterocycles. The first kappa shape index (κ1) is 23.4. The third-order valence-electron chi connectivity index (χ3n) is 6.21. The van der Waals surface area contributed by atoms with Gasteiger partial charge in [-0.15, -0.1) is 0 Å². The number of aliphatic hydroxyl groups is 1. The molecule has 25 heavy (non-hydrogen) atoms. The van der Waals surface area contributed by atoms with Crippen molar-refractivity contribution in [2.75, 3.05) is 6.61 Å². The van der Waals surface area contributed by atoms with Gasteiger partial charge in [0.25, 0.3) is 0 Å². The summed E-state index contributed by atoms with van der Waals surface area (Å²) < 4.78 is 8.51. The van der Waals surface area contributed by atoms with Crippen LogP contribution in [0.5, 0.6) is 0 Å². The molecule has 1 aliphatic rings. The molecule has 0 aliphatic heterocycles. The molecular formula is C23H44OSn.